The molecule has 24 heavy (non-hydrogen) atoms. The highest BCUT2D eigenvalue weighted by atomic mass is 16.5. The Morgan fingerprint density at radius 1 is 1.17 bits per heavy atom. The van der Waals surface area contributed by atoms with Gasteiger partial charge >= 0.3 is 0 Å². The monoisotopic (exact) mass is 318 g/mol. The number of Topliss-reactive ketones (excluding diaryl/α,β-unsaturated/α-hetero) is 1. The maximum atomic E-state index is 12.4. The van der Waals surface area contributed by atoms with Gasteiger partial charge in [-0.25, -0.2) is 0 Å². The minimum absolute atomic E-state index is 0.197. The van der Waals surface area contributed by atoms with Gasteiger partial charge in [0.2, 0.25) is 5.78 Å². The van der Waals surface area contributed by atoms with E-state index in [1.165, 1.54) is 0 Å². The van der Waals surface area contributed by atoms with Gasteiger partial charge in [-0.05, 0) is 36.0 Å². The molecular formula is C22H22O2. The lowest BCUT2D eigenvalue weighted by Crippen LogP contribution is -2.05. The van der Waals surface area contributed by atoms with Crippen molar-refractivity contribution in [1.29, 1.82) is 0 Å². The van der Waals surface area contributed by atoms with E-state index in [0.717, 1.165) is 24.0 Å². The van der Waals surface area contributed by atoms with Gasteiger partial charge in [-0.1, -0.05) is 61.4 Å². The number of carbonyl (C=O) groups is 1. The minimum Gasteiger partial charge on any atom is -0.488 e. The highest BCUT2D eigenvalue weighted by Gasteiger charge is 2.14. The van der Waals surface area contributed by atoms with E-state index in [4.69, 9.17) is 4.74 Å². The molecule has 2 nitrogen and oxygen atoms in total. The van der Waals surface area contributed by atoms with E-state index >= 15 is 0 Å². The average Bonchev–Trinajstić information content (AvgIpc) is 2.61. The second-order valence-corrected chi connectivity index (χ2v) is 5.44. The van der Waals surface area contributed by atoms with Crippen molar-refractivity contribution >= 4 is 5.78 Å². The van der Waals surface area contributed by atoms with Crippen molar-refractivity contribution in [3.63, 3.8) is 0 Å². The standard InChI is InChI=1S/C22H22O2/c1-3-5-7-16-21(23)20-15-10-14-19(11-4-2)22(20)24-17-18-12-8-6-9-13-18/h4,6,8-10,12-15H,2-3,5,11,17H2,1H3. The first-order valence-electron chi connectivity index (χ1n) is 8.19. The molecule has 0 radical (unpaired) electrons. The third-order valence-corrected chi connectivity index (χ3v) is 3.51. The Balaban J connectivity index is 2.29. The van der Waals surface area contributed by atoms with Crippen LogP contribution in [0, 0.1) is 11.8 Å². The molecule has 2 aromatic carbocycles. The number of benzene rings is 2. The molecule has 0 aliphatic carbocycles. The molecule has 0 spiro atoms. The summed E-state index contributed by atoms with van der Waals surface area (Å²) in [6.45, 7) is 6.24. The van der Waals surface area contributed by atoms with Crippen molar-refractivity contribution in [2.75, 3.05) is 0 Å². The first-order chi connectivity index (χ1) is 11.8. The summed E-state index contributed by atoms with van der Waals surface area (Å²) in [5.74, 6) is 6.04. The first kappa shape index (κ1) is 17.6. The van der Waals surface area contributed by atoms with Gasteiger partial charge in [-0.2, -0.15) is 0 Å². The zero-order valence-corrected chi connectivity index (χ0v) is 14.0. The normalized spacial score (nSPS) is 9.71. The molecule has 0 fully saturated rings. The predicted octanol–water partition coefficient (Wildman–Crippen LogP) is 4.98. The van der Waals surface area contributed by atoms with E-state index in [2.05, 4.69) is 18.4 Å². The van der Waals surface area contributed by atoms with Crippen LogP contribution in [0.25, 0.3) is 0 Å². The third-order valence-electron chi connectivity index (χ3n) is 3.51. The highest BCUT2D eigenvalue weighted by Crippen LogP contribution is 2.26. The van der Waals surface area contributed by atoms with Gasteiger partial charge in [0.15, 0.2) is 0 Å². The fraction of sp³-hybridized carbons (Fsp3) is 0.227. The van der Waals surface area contributed by atoms with Crippen LogP contribution in [-0.4, -0.2) is 5.78 Å². The van der Waals surface area contributed by atoms with E-state index in [1.54, 1.807) is 6.07 Å². The van der Waals surface area contributed by atoms with E-state index in [1.807, 2.05) is 55.5 Å². The van der Waals surface area contributed by atoms with Crippen LogP contribution >= 0.6 is 0 Å². The van der Waals surface area contributed by atoms with Crippen molar-refractivity contribution in [3.05, 3.63) is 77.9 Å². The molecule has 0 saturated carbocycles. The van der Waals surface area contributed by atoms with Crippen LogP contribution in [0.3, 0.4) is 0 Å². The van der Waals surface area contributed by atoms with Gasteiger partial charge in [0.25, 0.3) is 0 Å². The average molecular weight is 318 g/mol. The van der Waals surface area contributed by atoms with Gasteiger partial charge in [0.05, 0.1) is 5.56 Å². The second-order valence-electron chi connectivity index (χ2n) is 5.44. The third kappa shape index (κ3) is 4.86. The second kappa shape index (κ2) is 9.37. The molecule has 0 aliphatic rings. The Labute approximate surface area is 144 Å². The van der Waals surface area contributed by atoms with Crippen molar-refractivity contribution in [2.45, 2.75) is 32.8 Å². The predicted molar refractivity (Wildman–Crippen MR) is 98.1 cm³/mol. The zero-order chi connectivity index (χ0) is 17.2. The van der Waals surface area contributed by atoms with E-state index in [9.17, 15) is 4.79 Å². The molecular weight excluding hydrogens is 296 g/mol. The minimum atomic E-state index is -0.197. The van der Waals surface area contributed by atoms with Crippen LogP contribution in [0.5, 0.6) is 5.75 Å². The van der Waals surface area contributed by atoms with Gasteiger partial charge in [-0.15, -0.1) is 6.58 Å². The summed E-state index contributed by atoms with van der Waals surface area (Å²) in [6.07, 6.45) is 4.11. The maximum Gasteiger partial charge on any atom is 0.239 e. The largest absolute Gasteiger partial charge is 0.488 e. The Hall–Kier alpha value is -2.79. The molecule has 0 amide bonds. The Morgan fingerprint density at radius 3 is 2.67 bits per heavy atom. The Kier molecular flexibility index (Phi) is 6.86. The summed E-state index contributed by atoms with van der Waals surface area (Å²) >= 11 is 0. The summed E-state index contributed by atoms with van der Waals surface area (Å²) in [4.78, 5) is 12.4. The van der Waals surface area contributed by atoms with Crippen molar-refractivity contribution in [2.24, 2.45) is 0 Å². The molecule has 0 atom stereocenters. The van der Waals surface area contributed by atoms with Crippen molar-refractivity contribution < 1.29 is 9.53 Å². The van der Waals surface area contributed by atoms with E-state index in [0.29, 0.717) is 24.3 Å². The van der Waals surface area contributed by atoms with Crippen LogP contribution in [0.4, 0.5) is 0 Å². The van der Waals surface area contributed by atoms with Crippen LogP contribution in [0.15, 0.2) is 61.2 Å². The first-order valence-corrected chi connectivity index (χ1v) is 8.19. The lowest BCUT2D eigenvalue weighted by atomic mass is 10.0. The quantitative estimate of drug-likeness (QED) is 0.311. The van der Waals surface area contributed by atoms with Crippen molar-refractivity contribution in [3.8, 4) is 17.6 Å². The van der Waals surface area contributed by atoms with Gasteiger partial charge in [0.1, 0.15) is 12.4 Å². The summed E-state index contributed by atoms with van der Waals surface area (Å²) in [7, 11) is 0. The van der Waals surface area contributed by atoms with E-state index < -0.39 is 0 Å². The Bertz CT molecular complexity index is 749. The lowest BCUT2D eigenvalue weighted by Gasteiger charge is -2.13. The number of ether oxygens (including phenoxy) is 1. The summed E-state index contributed by atoms with van der Waals surface area (Å²) < 4.78 is 6.00. The number of para-hydroxylation sites is 1. The molecule has 122 valence electrons. The maximum absolute atomic E-state index is 12.4. The number of rotatable bonds is 7. The molecule has 2 heteroatoms. The van der Waals surface area contributed by atoms with Crippen molar-refractivity contribution in [1.82, 2.24) is 0 Å². The van der Waals surface area contributed by atoms with Gasteiger partial charge < -0.3 is 4.74 Å². The summed E-state index contributed by atoms with van der Waals surface area (Å²) in [6, 6.07) is 15.5. The molecule has 2 rings (SSSR count). The van der Waals surface area contributed by atoms with E-state index in [-0.39, 0.29) is 5.78 Å². The number of unbranched alkanes of at least 4 members (excludes halogenated alkanes) is 1. The summed E-state index contributed by atoms with van der Waals surface area (Å²) in [5, 5.41) is 0. The molecule has 0 saturated heterocycles. The fourth-order valence-electron chi connectivity index (χ4n) is 2.32. The molecule has 0 heterocycles. The highest BCUT2D eigenvalue weighted by molar-refractivity contribution is 6.11. The number of allylic oxidation sites excluding steroid dienone is 1. The molecule has 0 unspecified atom stereocenters. The number of hydrogen-bond acceptors (Lipinski definition) is 2. The molecule has 0 N–H and O–H groups in total. The van der Waals surface area contributed by atoms with Gasteiger partial charge in [0, 0.05) is 6.42 Å². The molecule has 0 bridgehead atoms. The summed E-state index contributed by atoms with van der Waals surface area (Å²) in [5.41, 5.74) is 2.53. The molecule has 2 aromatic rings. The number of hydrogen-bond donors (Lipinski definition) is 0. The van der Waals surface area contributed by atoms with Crippen LogP contribution in [-0.2, 0) is 13.0 Å². The SMILES string of the molecule is C=CCc1cccc(C(=O)C#CCCC)c1OCc1ccccc1. The van der Waals surface area contributed by atoms with Crippen LogP contribution < -0.4 is 4.74 Å². The Morgan fingerprint density at radius 2 is 1.96 bits per heavy atom. The molecule has 0 aliphatic heterocycles. The van der Waals surface area contributed by atoms with Crippen LogP contribution in [0.2, 0.25) is 0 Å². The van der Waals surface area contributed by atoms with Crippen LogP contribution in [0.1, 0.15) is 41.3 Å². The zero-order valence-electron chi connectivity index (χ0n) is 14.0. The lowest BCUT2D eigenvalue weighted by molar-refractivity contribution is 0.105. The topological polar surface area (TPSA) is 26.3 Å². The number of ketones is 1. The smallest absolute Gasteiger partial charge is 0.239 e. The molecule has 0 aromatic heterocycles. The van der Waals surface area contributed by atoms with Gasteiger partial charge in [-0.3, -0.25) is 4.79 Å². The number of carbonyl (C=O) groups excluding carboxylic acids is 1. The fourth-order valence-corrected chi connectivity index (χ4v) is 2.32.